The Balaban J connectivity index is 1.85. The number of hydrogen-bond donors (Lipinski definition) is 1. The Bertz CT molecular complexity index is 665. The summed E-state index contributed by atoms with van der Waals surface area (Å²) in [7, 11) is 0. The third-order valence-electron chi connectivity index (χ3n) is 3.84. The van der Waals surface area contributed by atoms with E-state index in [1.165, 1.54) is 4.90 Å². The Hall–Kier alpha value is -2.05. The molecule has 0 radical (unpaired) electrons. The fourth-order valence-corrected chi connectivity index (χ4v) is 2.71. The zero-order chi connectivity index (χ0) is 15.0. The predicted octanol–water partition coefficient (Wildman–Crippen LogP) is 2.98. The number of amides is 1. The summed E-state index contributed by atoms with van der Waals surface area (Å²) in [6.45, 7) is 0.0517. The number of fused-ring (bicyclic) bond motifs is 1. The fourth-order valence-electron chi connectivity index (χ4n) is 2.71. The molecule has 1 aromatic carbocycles. The summed E-state index contributed by atoms with van der Waals surface area (Å²) in [6, 6.07) is 7.07. The Morgan fingerprint density at radius 3 is 2.86 bits per heavy atom. The monoisotopic (exact) mass is 297 g/mol. The molecule has 112 valence electrons. The van der Waals surface area contributed by atoms with Gasteiger partial charge in [-0.05, 0) is 18.9 Å². The molecule has 1 atom stereocenters. The van der Waals surface area contributed by atoms with E-state index < -0.39 is 18.0 Å². The van der Waals surface area contributed by atoms with Gasteiger partial charge in [0.2, 0.25) is 0 Å². The number of aromatic amines is 1. The van der Waals surface area contributed by atoms with E-state index in [0.29, 0.717) is 23.9 Å². The summed E-state index contributed by atoms with van der Waals surface area (Å²) in [5, 5.41) is 7.33. The molecule has 3 rings (SSSR count). The molecule has 1 N–H and O–H groups in total. The first-order valence-corrected chi connectivity index (χ1v) is 6.76. The highest BCUT2D eigenvalue weighted by atomic mass is 19.4. The molecule has 2 aromatic rings. The van der Waals surface area contributed by atoms with Crippen LogP contribution in [0.1, 0.15) is 23.3 Å². The topological polar surface area (TPSA) is 49.0 Å². The number of aromatic nitrogens is 2. The second-order valence-electron chi connectivity index (χ2n) is 5.25. The first-order valence-electron chi connectivity index (χ1n) is 6.76. The summed E-state index contributed by atoms with van der Waals surface area (Å²) >= 11 is 0. The Morgan fingerprint density at radius 2 is 2.10 bits per heavy atom. The van der Waals surface area contributed by atoms with Crippen molar-refractivity contribution >= 4 is 16.8 Å². The van der Waals surface area contributed by atoms with Gasteiger partial charge in [0.25, 0.3) is 5.91 Å². The number of carbonyl (C=O) groups is 1. The van der Waals surface area contributed by atoms with Gasteiger partial charge in [-0.25, -0.2) is 0 Å². The molecule has 0 spiro atoms. The molecule has 1 fully saturated rings. The van der Waals surface area contributed by atoms with Gasteiger partial charge in [0.05, 0.1) is 11.4 Å². The molecule has 1 aliphatic heterocycles. The van der Waals surface area contributed by atoms with Crippen LogP contribution < -0.4 is 0 Å². The highest BCUT2D eigenvalue weighted by molar-refractivity contribution is 6.04. The smallest absolute Gasteiger partial charge is 0.337 e. The largest absolute Gasteiger partial charge is 0.393 e. The van der Waals surface area contributed by atoms with Crippen molar-refractivity contribution in [1.82, 2.24) is 15.1 Å². The van der Waals surface area contributed by atoms with E-state index in [0.717, 1.165) is 0 Å². The van der Waals surface area contributed by atoms with Gasteiger partial charge in [0, 0.05) is 18.5 Å². The van der Waals surface area contributed by atoms with Crippen molar-refractivity contribution in [2.45, 2.75) is 19.0 Å². The zero-order valence-corrected chi connectivity index (χ0v) is 11.2. The van der Waals surface area contributed by atoms with Crippen molar-refractivity contribution in [3.63, 3.8) is 0 Å². The zero-order valence-electron chi connectivity index (χ0n) is 11.2. The number of carbonyl (C=O) groups excluding carboxylic acids is 1. The van der Waals surface area contributed by atoms with Crippen molar-refractivity contribution in [2.75, 3.05) is 13.1 Å². The SMILES string of the molecule is O=C(c1n[nH]c2ccccc12)N1CCCC(C(F)(F)F)C1. The lowest BCUT2D eigenvalue weighted by Gasteiger charge is -2.33. The first kappa shape index (κ1) is 13.9. The average Bonchev–Trinajstić information content (AvgIpc) is 2.90. The Kier molecular flexibility index (Phi) is 3.35. The number of halogens is 3. The molecular formula is C14H14F3N3O. The van der Waals surface area contributed by atoms with Gasteiger partial charge >= 0.3 is 6.18 Å². The second kappa shape index (κ2) is 5.05. The number of piperidine rings is 1. The van der Waals surface area contributed by atoms with Gasteiger partial charge in [-0.2, -0.15) is 18.3 Å². The minimum Gasteiger partial charge on any atom is -0.337 e. The number of para-hydroxylation sites is 1. The van der Waals surface area contributed by atoms with E-state index in [1.807, 2.05) is 0 Å². The van der Waals surface area contributed by atoms with E-state index in [2.05, 4.69) is 10.2 Å². The van der Waals surface area contributed by atoms with E-state index >= 15 is 0 Å². The van der Waals surface area contributed by atoms with Crippen LogP contribution in [0.2, 0.25) is 0 Å². The summed E-state index contributed by atoms with van der Waals surface area (Å²) in [6.07, 6.45) is -3.82. The number of H-pyrrole nitrogens is 1. The molecule has 1 amide bonds. The van der Waals surface area contributed by atoms with Gasteiger partial charge in [-0.3, -0.25) is 9.89 Å². The molecule has 4 nitrogen and oxygen atoms in total. The predicted molar refractivity (Wildman–Crippen MR) is 70.8 cm³/mol. The first-order chi connectivity index (χ1) is 9.97. The maximum absolute atomic E-state index is 12.8. The molecule has 7 heteroatoms. The van der Waals surface area contributed by atoms with Crippen LogP contribution in [0.3, 0.4) is 0 Å². The number of rotatable bonds is 1. The lowest BCUT2D eigenvalue weighted by atomic mass is 9.97. The number of benzene rings is 1. The number of alkyl halides is 3. The van der Waals surface area contributed by atoms with Crippen molar-refractivity contribution in [3.8, 4) is 0 Å². The molecular weight excluding hydrogens is 283 g/mol. The number of nitrogens with zero attached hydrogens (tertiary/aromatic N) is 2. The molecule has 1 saturated heterocycles. The standard InChI is InChI=1S/C14H14F3N3O/c15-14(16,17)9-4-3-7-20(8-9)13(21)12-10-5-1-2-6-11(10)18-19-12/h1-2,5-6,9H,3-4,7-8H2,(H,18,19). The number of nitrogens with one attached hydrogen (secondary N) is 1. The minimum absolute atomic E-state index is 0.0780. The Labute approximate surface area is 118 Å². The maximum Gasteiger partial charge on any atom is 0.393 e. The van der Waals surface area contributed by atoms with Gasteiger partial charge in [0.1, 0.15) is 0 Å². The van der Waals surface area contributed by atoms with Gasteiger partial charge < -0.3 is 4.90 Å². The summed E-state index contributed by atoms with van der Waals surface area (Å²) < 4.78 is 38.4. The molecule has 0 bridgehead atoms. The lowest BCUT2D eigenvalue weighted by Crippen LogP contribution is -2.44. The van der Waals surface area contributed by atoms with Crippen LogP contribution in [-0.4, -0.2) is 40.3 Å². The summed E-state index contributed by atoms with van der Waals surface area (Å²) in [5.74, 6) is -1.89. The number of likely N-dealkylation sites (tertiary alicyclic amines) is 1. The van der Waals surface area contributed by atoms with Crippen molar-refractivity contribution in [2.24, 2.45) is 5.92 Å². The highest BCUT2D eigenvalue weighted by Gasteiger charge is 2.43. The lowest BCUT2D eigenvalue weighted by molar-refractivity contribution is -0.184. The quantitative estimate of drug-likeness (QED) is 0.879. The van der Waals surface area contributed by atoms with Crippen LogP contribution in [0.4, 0.5) is 13.2 Å². The Morgan fingerprint density at radius 1 is 1.33 bits per heavy atom. The van der Waals surface area contributed by atoms with Crippen LogP contribution >= 0.6 is 0 Å². The highest BCUT2D eigenvalue weighted by Crippen LogP contribution is 2.33. The van der Waals surface area contributed by atoms with E-state index in [9.17, 15) is 18.0 Å². The van der Waals surface area contributed by atoms with Crippen LogP contribution in [0.5, 0.6) is 0 Å². The summed E-state index contributed by atoms with van der Waals surface area (Å²) in [4.78, 5) is 13.7. The van der Waals surface area contributed by atoms with Gasteiger partial charge in [0.15, 0.2) is 5.69 Å². The second-order valence-corrected chi connectivity index (χ2v) is 5.25. The maximum atomic E-state index is 12.8. The number of hydrogen-bond acceptors (Lipinski definition) is 2. The van der Waals surface area contributed by atoms with Crippen LogP contribution in [0.25, 0.3) is 10.9 Å². The molecule has 1 unspecified atom stereocenters. The van der Waals surface area contributed by atoms with Crippen LogP contribution in [-0.2, 0) is 0 Å². The van der Waals surface area contributed by atoms with E-state index in [-0.39, 0.29) is 18.7 Å². The normalized spacial score (nSPS) is 20.0. The van der Waals surface area contributed by atoms with E-state index in [4.69, 9.17) is 0 Å². The minimum atomic E-state index is -4.26. The fraction of sp³-hybridized carbons (Fsp3) is 0.429. The molecule has 1 aliphatic rings. The third kappa shape index (κ3) is 2.59. The molecule has 0 saturated carbocycles. The van der Waals surface area contributed by atoms with Crippen LogP contribution in [0, 0.1) is 5.92 Å². The van der Waals surface area contributed by atoms with E-state index in [1.54, 1.807) is 24.3 Å². The third-order valence-corrected chi connectivity index (χ3v) is 3.84. The van der Waals surface area contributed by atoms with Crippen molar-refractivity contribution in [1.29, 1.82) is 0 Å². The van der Waals surface area contributed by atoms with Crippen LogP contribution in [0.15, 0.2) is 24.3 Å². The molecule has 2 heterocycles. The van der Waals surface area contributed by atoms with Gasteiger partial charge in [-0.15, -0.1) is 0 Å². The van der Waals surface area contributed by atoms with Crippen molar-refractivity contribution < 1.29 is 18.0 Å². The average molecular weight is 297 g/mol. The molecule has 1 aromatic heterocycles. The van der Waals surface area contributed by atoms with Gasteiger partial charge in [-0.1, -0.05) is 18.2 Å². The molecule has 21 heavy (non-hydrogen) atoms. The molecule has 0 aliphatic carbocycles. The van der Waals surface area contributed by atoms with Crippen molar-refractivity contribution in [3.05, 3.63) is 30.0 Å². The summed E-state index contributed by atoms with van der Waals surface area (Å²) in [5.41, 5.74) is 0.888.